The maximum absolute atomic E-state index is 12.4. The average molecular weight is 299 g/mol. The average Bonchev–Trinajstić information content (AvgIpc) is 2.62. The summed E-state index contributed by atoms with van der Waals surface area (Å²) in [5.41, 5.74) is 0.966. The summed E-state index contributed by atoms with van der Waals surface area (Å²) in [5.74, 6) is 0. The first kappa shape index (κ1) is 15.5. The Kier molecular flexibility index (Phi) is 5.23. The van der Waals surface area contributed by atoms with Gasteiger partial charge in [-0.25, -0.2) is 13.1 Å². The molecule has 0 saturated heterocycles. The molecular formula is C14H25N3O2S. The lowest BCUT2D eigenvalue weighted by molar-refractivity contribution is 0.510. The smallest absolute Gasteiger partial charge is 0.242 e. The highest BCUT2D eigenvalue weighted by Crippen LogP contribution is 2.20. The Morgan fingerprint density at radius 3 is 2.50 bits per heavy atom. The predicted molar refractivity (Wildman–Crippen MR) is 80.0 cm³/mol. The fraction of sp³-hybridized carbons (Fsp3) is 0.714. The minimum atomic E-state index is -3.39. The number of aromatic nitrogens is 1. The van der Waals surface area contributed by atoms with E-state index in [1.165, 1.54) is 12.8 Å². The van der Waals surface area contributed by atoms with E-state index in [2.05, 4.69) is 10.0 Å². The largest absolute Gasteiger partial charge is 0.352 e. The Bertz CT molecular complexity index is 529. The van der Waals surface area contributed by atoms with Gasteiger partial charge in [0.25, 0.3) is 0 Å². The van der Waals surface area contributed by atoms with Crippen molar-refractivity contribution >= 4 is 10.0 Å². The quantitative estimate of drug-likeness (QED) is 0.814. The molecule has 20 heavy (non-hydrogen) atoms. The van der Waals surface area contributed by atoms with Gasteiger partial charge in [-0.2, -0.15) is 0 Å². The standard InChI is InChI=1S/C14H25N3O2S/c1-15-10-13-9-14(11-17(13)2)20(18,19)16-12-7-5-3-4-6-8-12/h9,11-12,15-16H,3-8,10H2,1-2H3. The molecule has 0 unspecified atom stereocenters. The van der Waals surface area contributed by atoms with Crippen molar-refractivity contribution in [1.82, 2.24) is 14.6 Å². The van der Waals surface area contributed by atoms with E-state index < -0.39 is 10.0 Å². The third-order valence-corrected chi connectivity index (χ3v) is 5.42. The molecule has 1 fully saturated rings. The van der Waals surface area contributed by atoms with Gasteiger partial charge in [0.2, 0.25) is 10.0 Å². The van der Waals surface area contributed by atoms with Crippen LogP contribution in [0.2, 0.25) is 0 Å². The van der Waals surface area contributed by atoms with Crippen LogP contribution in [0.15, 0.2) is 17.2 Å². The third-order valence-electron chi connectivity index (χ3n) is 3.93. The van der Waals surface area contributed by atoms with E-state index in [0.717, 1.165) is 31.4 Å². The Morgan fingerprint density at radius 2 is 1.90 bits per heavy atom. The van der Waals surface area contributed by atoms with Crippen LogP contribution in [0.4, 0.5) is 0 Å². The van der Waals surface area contributed by atoms with Crippen molar-refractivity contribution in [2.45, 2.75) is 56.0 Å². The second-order valence-corrected chi connectivity index (χ2v) is 7.33. The molecule has 0 amide bonds. The van der Waals surface area contributed by atoms with Crippen molar-refractivity contribution < 1.29 is 8.42 Å². The summed E-state index contributed by atoms with van der Waals surface area (Å²) >= 11 is 0. The Morgan fingerprint density at radius 1 is 1.25 bits per heavy atom. The van der Waals surface area contributed by atoms with Crippen LogP contribution in [0.1, 0.15) is 44.2 Å². The lowest BCUT2D eigenvalue weighted by Crippen LogP contribution is -2.34. The molecule has 2 N–H and O–H groups in total. The van der Waals surface area contributed by atoms with E-state index in [9.17, 15) is 8.42 Å². The lowest BCUT2D eigenvalue weighted by Gasteiger charge is -2.15. The minimum Gasteiger partial charge on any atom is -0.352 e. The van der Waals surface area contributed by atoms with E-state index in [1.54, 1.807) is 12.3 Å². The van der Waals surface area contributed by atoms with Crippen molar-refractivity contribution in [1.29, 1.82) is 0 Å². The number of hydrogen-bond acceptors (Lipinski definition) is 3. The summed E-state index contributed by atoms with van der Waals surface area (Å²) < 4.78 is 29.6. The number of nitrogens with one attached hydrogen (secondary N) is 2. The topological polar surface area (TPSA) is 63.1 Å². The SMILES string of the molecule is CNCc1cc(S(=O)(=O)NC2CCCCCC2)cn1C. The van der Waals surface area contributed by atoms with Gasteiger partial charge in [0, 0.05) is 31.5 Å². The molecule has 0 bridgehead atoms. The van der Waals surface area contributed by atoms with E-state index in [-0.39, 0.29) is 6.04 Å². The highest BCUT2D eigenvalue weighted by molar-refractivity contribution is 7.89. The number of aryl methyl sites for hydroxylation is 1. The van der Waals surface area contributed by atoms with Crippen LogP contribution in [0.25, 0.3) is 0 Å². The van der Waals surface area contributed by atoms with Crippen molar-refractivity contribution in [3.05, 3.63) is 18.0 Å². The molecule has 1 aromatic rings. The van der Waals surface area contributed by atoms with Gasteiger partial charge in [0.05, 0.1) is 4.90 Å². The number of nitrogens with zero attached hydrogens (tertiary/aromatic N) is 1. The molecule has 1 aliphatic carbocycles. The molecular weight excluding hydrogens is 274 g/mol. The molecule has 0 aliphatic heterocycles. The zero-order valence-electron chi connectivity index (χ0n) is 12.4. The number of hydrogen-bond donors (Lipinski definition) is 2. The van der Waals surface area contributed by atoms with Crippen molar-refractivity contribution in [2.24, 2.45) is 7.05 Å². The maximum atomic E-state index is 12.4. The van der Waals surface area contributed by atoms with Crippen LogP contribution in [0.3, 0.4) is 0 Å². The Hall–Kier alpha value is -0.850. The summed E-state index contributed by atoms with van der Waals surface area (Å²) in [7, 11) is 0.330. The number of rotatable bonds is 5. The third kappa shape index (κ3) is 3.84. The molecule has 6 heteroatoms. The minimum absolute atomic E-state index is 0.0930. The first-order chi connectivity index (χ1) is 9.53. The Labute approximate surface area is 121 Å². The summed E-state index contributed by atoms with van der Waals surface area (Å²) in [6, 6.07) is 1.84. The second-order valence-electron chi connectivity index (χ2n) is 5.62. The van der Waals surface area contributed by atoms with Gasteiger partial charge in [-0.1, -0.05) is 25.7 Å². The molecule has 114 valence electrons. The van der Waals surface area contributed by atoms with Crippen LogP contribution in [0.5, 0.6) is 0 Å². The molecule has 0 radical (unpaired) electrons. The van der Waals surface area contributed by atoms with Gasteiger partial charge < -0.3 is 9.88 Å². The second kappa shape index (κ2) is 6.74. The van der Waals surface area contributed by atoms with E-state index in [4.69, 9.17) is 0 Å². The van der Waals surface area contributed by atoms with Gasteiger partial charge in [0.15, 0.2) is 0 Å². The monoisotopic (exact) mass is 299 g/mol. The van der Waals surface area contributed by atoms with Gasteiger partial charge in [-0.05, 0) is 26.0 Å². The lowest BCUT2D eigenvalue weighted by atomic mass is 10.1. The van der Waals surface area contributed by atoms with Crippen molar-refractivity contribution in [2.75, 3.05) is 7.05 Å². The van der Waals surface area contributed by atoms with Gasteiger partial charge in [0.1, 0.15) is 0 Å². The highest BCUT2D eigenvalue weighted by Gasteiger charge is 2.22. The summed E-state index contributed by atoms with van der Waals surface area (Å²) in [6.45, 7) is 0.662. The summed E-state index contributed by atoms with van der Waals surface area (Å²) in [4.78, 5) is 0.370. The van der Waals surface area contributed by atoms with E-state index >= 15 is 0 Å². The molecule has 0 aromatic carbocycles. The molecule has 0 spiro atoms. The van der Waals surface area contributed by atoms with Gasteiger partial charge in [-0.15, -0.1) is 0 Å². The first-order valence-electron chi connectivity index (χ1n) is 7.35. The molecule has 0 atom stereocenters. The van der Waals surface area contributed by atoms with E-state index in [0.29, 0.717) is 11.4 Å². The molecule has 5 nitrogen and oxygen atoms in total. The molecule has 1 aliphatic rings. The van der Waals surface area contributed by atoms with Crippen molar-refractivity contribution in [3.8, 4) is 0 Å². The zero-order valence-corrected chi connectivity index (χ0v) is 13.2. The van der Waals surface area contributed by atoms with Crippen LogP contribution < -0.4 is 10.0 Å². The first-order valence-corrected chi connectivity index (χ1v) is 8.83. The number of sulfonamides is 1. The molecule has 1 heterocycles. The van der Waals surface area contributed by atoms with Crippen LogP contribution in [-0.2, 0) is 23.6 Å². The fourth-order valence-corrected chi connectivity index (χ4v) is 4.16. The van der Waals surface area contributed by atoms with Gasteiger partial charge >= 0.3 is 0 Å². The van der Waals surface area contributed by atoms with E-state index in [1.807, 2.05) is 18.7 Å². The molecule has 1 saturated carbocycles. The van der Waals surface area contributed by atoms with Crippen LogP contribution in [-0.4, -0.2) is 26.1 Å². The van der Waals surface area contributed by atoms with Crippen LogP contribution in [0, 0.1) is 0 Å². The fourth-order valence-electron chi connectivity index (χ4n) is 2.77. The Balaban J connectivity index is 2.10. The van der Waals surface area contributed by atoms with Gasteiger partial charge in [-0.3, -0.25) is 0 Å². The maximum Gasteiger partial charge on any atom is 0.242 e. The molecule has 1 aromatic heterocycles. The normalized spacial score (nSPS) is 18.1. The zero-order chi connectivity index (χ0) is 14.6. The summed E-state index contributed by atoms with van der Waals surface area (Å²) in [6.07, 6.45) is 8.27. The van der Waals surface area contributed by atoms with Crippen molar-refractivity contribution in [3.63, 3.8) is 0 Å². The predicted octanol–water partition coefficient (Wildman–Crippen LogP) is 1.75. The molecule has 2 rings (SSSR count). The summed E-state index contributed by atoms with van der Waals surface area (Å²) in [5, 5.41) is 3.04. The highest BCUT2D eigenvalue weighted by atomic mass is 32.2. The van der Waals surface area contributed by atoms with Crippen LogP contribution >= 0.6 is 0 Å².